The number of hydrogen-bond donors (Lipinski definition) is 2. The molecule has 0 radical (unpaired) electrons. The third-order valence-corrected chi connectivity index (χ3v) is 6.53. The number of anilines is 2. The molecule has 0 amide bonds. The fraction of sp³-hybridized carbons (Fsp3) is 0.400. The van der Waals surface area contributed by atoms with Crippen LogP contribution in [0.25, 0.3) is 22.2 Å². The molecule has 3 aromatic rings. The first-order chi connectivity index (χ1) is 15.2. The Kier molecular flexibility index (Phi) is 5.66. The van der Waals surface area contributed by atoms with Crippen molar-refractivity contribution in [2.24, 2.45) is 5.92 Å². The normalized spacial score (nSPS) is 19.2. The zero-order valence-corrected chi connectivity index (χ0v) is 18.1. The minimum Gasteiger partial charge on any atom is -0.497 e. The lowest BCUT2D eigenvalue weighted by Gasteiger charge is -2.29. The summed E-state index contributed by atoms with van der Waals surface area (Å²) in [4.78, 5) is 9.79. The van der Waals surface area contributed by atoms with Gasteiger partial charge in [-0.2, -0.15) is 0 Å². The number of piperazine rings is 1. The Morgan fingerprint density at radius 1 is 1.03 bits per heavy atom. The molecule has 0 aliphatic carbocycles. The molecular formula is C25H30N4O2. The summed E-state index contributed by atoms with van der Waals surface area (Å²) in [5.41, 5.74) is 5.46. The van der Waals surface area contributed by atoms with Crippen molar-refractivity contribution in [3.8, 4) is 17.0 Å². The van der Waals surface area contributed by atoms with Gasteiger partial charge in [-0.1, -0.05) is 12.1 Å². The van der Waals surface area contributed by atoms with Gasteiger partial charge in [0.25, 0.3) is 0 Å². The summed E-state index contributed by atoms with van der Waals surface area (Å²) >= 11 is 0. The highest BCUT2D eigenvalue weighted by Crippen LogP contribution is 2.35. The molecule has 31 heavy (non-hydrogen) atoms. The highest BCUT2D eigenvalue weighted by molar-refractivity contribution is 5.95. The lowest BCUT2D eigenvalue weighted by atomic mass is 10.1. The van der Waals surface area contributed by atoms with E-state index in [9.17, 15) is 5.11 Å². The Bertz CT molecular complexity index is 1050. The van der Waals surface area contributed by atoms with Crippen molar-refractivity contribution in [3.63, 3.8) is 0 Å². The van der Waals surface area contributed by atoms with E-state index in [2.05, 4.69) is 51.5 Å². The van der Waals surface area contributed by atoms with Crippen LogP contribution < -0.4 is 19.9 Å². The van der Waals surface area contributed by atoms with Crippen molar-refractivity contribution in [3.05, 3.63) is 48.5 Å². The van der Waals surface area contributed by atoms with E-state index in [1.807, 2.05) is 12.1 Å². The number of aromatic nitrogens is 1. The van der Waals surface area contributed by atoms with Gasteiger partial charge in [0.1, 0.15) is 5.75 Å². The lowest BCUT2D eigenvalue weighted by Crippen LogP contribution is -2.43. The third kappa shape index (κ3) is 4.05. The average Bonchev–Trinajstić information content (AvgIpc) is 3.33. The predicted molar refractivity (Wildman–Crippen MR) is 126 cm³/mol. The summed E-state index contributed by atoms with van der Waals surface area (Å²) in [5.74, 6) is 1.15. The van der Waals surface area contributed by atoms with Crippen LogP contribution in [0.1, 0.15) is 6.42 Å². The molecule has 2 aliphatic rings. The van der Waals surface area contributed by atoms with Crippen LogP contribution in [0.5, 0.6) is 5.75 Å². The number of aliphatic hydroxyl groups excluding tert-OH is 1. The molecule has 2 N–H and O–H groups in total. The number of aliphatic hydroxyl groups is 1. The van der Waals surface area contributed by atoms with Crippen molar-refractivity contribution in [1.29, 1.82) is 0 Å². The van der Waals surface area contributed by atoms with Crippen LogP contribution in [-0.2, 0) is 0 Å². The number of ether oxygens (including phenoxy) is 1. The topological polar surface area (TPSA) is 60.9 Å². The van der Waals surface area contributed by atoms with E-state index in [0.29, 0.717) is 5.92 Å². The van der Waals surface area contributed by atoms with Crippen molar-refractivity contribution < 1.29 is 9.84 Å². The molecule has 3 heterocycles. The molecule has 6 heteroatoms. The molecule has 6 nitrogen and oxygen atoms in total. The van der Waals surface area contributed by atoms with Crippen molar-refractivity contribution in [2.75, 3.05) is 62.8 Å². The number of nitrogens with one attached hydrogen (secondary N) is 1. The fourth-order valence-electron chi connectivity index (χ4n) is 4.69. The number of benzene rings is 2. The summed E-state index contributed by atoms with van der Waals surface area (Å²) in [5, 5.41) is 14.1. The maximum absolute atomic E-state index is 9.61. The first kappa shape index (κ1) is 20.1. The Hall–Kier alpha value is -2.83. The van der Waals surface area contributed by atoms with Gasteiger partial charge in [0.2, 0.25) is 0 Å². The summed E-state index contributed by atoms with van der Waals surface area (Å²) in [6.45, 7) is 6.22. The van der Waals surface area contributed by atoms with Gasteiger partial charge >= 0.3 is 0 Å². The van der Waals surface area contributed by atoms with Crippen LogP contribution in [0.15, 0.2) is 48.5 Å². The fourth-order valence-corrected chi connectivity index (χ4v) is 4.69. The van der Waals surface area contributed by atoms with E-state index in [-0.39, 0.29) is 6.61 Å². The second kappa shape index (κ2) is 8.73. The van der Waals surface area contributed by atoms with Crippen LogP contribution in [-0.4, -0.2) is 63.1 Å². The first-order valence-electron chi connectivity index (χ1n) is 11.2. The third-order valence-electron chi connectivity index (χ3n) is 6.53. The SMILES string of the molecule is COc1ccc2c(N3CCC(CO)C3)cc(-c3ccc(N4CCNCC4)cc3)nc2c1. The average molecular weight is 419 g/mol. The number of hydrogen-bond acceptors (Lipinski definition) is 6. The van der Waals surface area contributed by atoms with Gasteiger partial charge in [0, 0.05) is 80.2 Å². The molecule has 0 spiro atoms. The van der Waals surface area contributed by atoms with Gasteiger partial charge in [-0.25, -0.2) is 4.98 Å². The Morgan fingerprint density at radius 3 is 2.55 bits per heavy atom. The number of fused-ring (bicyclic) bond motifs is 1. The Labute approximate surface area is 183 Å². The standard InChI is InChI=1S/C25H30N4O2/c1-31-21-6-7-22-24(14-21)27-23(15-25(22)29-11-8-18(16-29)17-30)19-2-4-20(5-3-19)28-12-9-26-10-13-28/h2-7,14-15,18,26,30H,8-13,16-17H2,1H3. The molecule has 1 aromatic heterocycles. The molecular weight excluding hydrogens is 388 g/mol. The monoisotopic (exact) mass is 418 g/mol. The minimum absolute atomic E-state index is 0.244. The lowest BCUT2D eigenvalue weighted by molar-refractivity contribution is 0.238. The molecule has 1 unspecified atom stereocenters. The number of rotatable bonds is 5. The van der Waals surface area contributed by atoms with E-state index in [4.69, 9.17) is 9.72 Å². The van der Waals surface area contributed by atoms with Crippen molar-refractivity contribution in [1.82, 2.24) is 10.3 Å². The summed E-state index contributed by atoms with van der Waals surface area (Å²) in [6.07, 6.45) is 1.02. The first-order valence-corrected chi connectivity index (χ1v) is 11.2. The number of pyridine rings is 1. The summed E-state index contributed by atoms with van der Waals surface area (Å²) < 4.78 is 5.45. The van der Waals surface area contributed by atoms with Crippen LogP contribution in [0.4, 0.5) is 11.4 Å². The molecule has 162 valence electrons. The van der Waals surface area contributed by atoms with Gasteiger partial charge in [-0.05, 0) is 36.8 Å². The van der Waals surface area contributed by atoms with Crippen molar-refractivity contribution >= 4 is 22.3 Å². The van der Waals surface area contributed by atoms with E-state index in [1.54, 1.807) is 7.11 Å². The van der Waals surface area contributed by atoms with E-state index < -0.39 is 0 Å². The van der Waals surface area contributed by atoms with Gasteiger partial charge in [-0.15, -0.1) is 0 Å². The number of nitrogens with zero attached hydrogens (tertiary/aromatic N) is 3. The van der Waals surface area contributed by atoms with Crippen LogP contribution in [0.2, 0.25) is 0 Å². The van der Waals surface area contributed by atoms with E-state index >= 15 is 0 Å². The highest BCUT2D eigenvalue weighted by atomic mass is 16.5. The molecule has 2 aliphatic heterocycles. The van der Waals surface area contributed by atoms with Gasteiger partial charge < -0.3 is 25.0 Å². The maximum atomic E-state index is 9.61. The molecule has 1 atom stereocenters. The quantitative estimate of drug-likeness (QED) is 0.664. The van der Waals surface area contributed by atoms with E-state index in [1.165, 1.54) is 11.4 Å². The Balaban J connectivity index is 1.53. The molecule has 0 saturated carbocycles. The highest BCUT2D eigenvalue weighted by Gasteiger charge is 2.24. The smallest absolute Gasteiger partial charge is 0.121 e. The maximum Gasteiger partial charge on any atom is 0.121 e. The van der Waals surface area contributed by atoms with Gasteiger partial charge in [0.15, 0.2) is 0 Å². The second-order valence-electron chi connectivity index (χ2n) is 8.48. The molecule has 2 aromatic carbocycles. The van der Waals surface area contributed by atoms with Crippen LogP contribution >= 0.6 is 0 Å². The van der Waals surface area contributed by atoms with Crippen molar-refractivity contribution in [2.45, 2.75) is 6.42 Å². The van der Waals surface area contributed by atoms with E-state index in [0.717, 1.165) is 73.6 Å². The molecule has 5 rings (SSSR count). The molecule has 2 saturated heterocycles. The van der Waals surface area contributed by atoms with Gasteiger partial charge in [0.05, 0.1) is 18.3 Å². The Morgan fingerprint density at radius 2 is 1.84 bits per heavy atom. The largest absolute Gasteiger partial charge is 0.497 e. The second-order valence-corrected chi connectivity index (χ2v) is 8.48. The van der Waals surface area contributed by atoms with Gasteiger partial charge in [-0.3, -0.25) is 0 Å². The molecule has 2 fully saturated rings. The van der Waals surface area contributed by atoms with Crippen LogP contribution in [0, 0.1) is 5.92 Å². The van der Waals surface area contributed by atoms with Crippen LogP contribution in [0.3, 0.4) is 0 Å². The minimum atomic E-state index is 0.244. The number of methoxy groups -OCH3 is 1. The summed E-state index contributed by atoms with van der Waals surface area (Å²) in [7, 11) is 1.69. The zero-order chi connectivity index (χ0) is 21.2. The summed E-state index contributed by atoms with van der Waals surface area (Å²) in [6, 6.07) is 17.1. The molecule has 0 bridgehead atoms. The predicted octanol–water partition coefficient (Wildman–Crippen LogP) is 3.14. The zero-order valence-electron chi connectivity index (χ0n) is 18.1.